The van der Waals surface area contributed by atoms with Gasteiger partial charge in [-0.1, -0.05) is 18.2 Å². The van der Waals surface area contributed by atoms with E-state index in [0.29, 0.717) is 13.2 Å². The summed E-state index contributed by atoms with van der Waals surface area (Å²) in [5.41, 5.74) is 0.734. The first-order valence-corrected chi connectivity index (χ1v) is 12.0. The third-order valence-electron chi connectivity index (χ3n) is 6.55. The molecule has 1 aliphatic rings. The summed E-state index contributed by atoms with van der Waals surface area (Å²) in [6.45, 7) is 4.21. The molecule has 1 aromatic heterocycles. The number of likely N-dealkylation sites (tertiary alicyclic amines) is 1. The predicted octanol–water partition coefficient (Wildman–Crippen LogP) is 4.56. The van der Waals surface area contributed by atoms with Crippen molar-refractivity contribution in [3.05, 3.63) is 72.6 Å². The van der Waals surface area contributed by atoms with Crippen LogP contribution >= 0.6 is 0 Å². The fraction of sp³-hybridized carbons (Fsp3) is 0.444. The molecule has 0 aliphatic carbocycles. The molecule has 1 saturated heterocycles. The van der Waals surface area contributed by atoms with Crippen LogP contribution < -0.4 is 14.2 Å². The fourth-order valence-electron chi connectivity index (χ4n) is 4.43. The van der Waals surface area contributed by atoms with Crippen molar-refractivity contribution < 1.29 is 23.3 Å². The summed E-state index contributed by atoms with van der Waals surface area (Å²) < 4.78 is 39.2. The minimum Gasteiger partial charge on any atom is -0.493 e. The number of methoxy groups -OCH3 is 2. The molecule has 0 spiro atoms. The topological polar surface area (TPSA) is 58.0 Å². The summed E-state index contributed by atoms with van der Waals surface area (Å²) in [4.78, 5) is 6.46. The van der Waals surface area contributed by atoms with Crippen LogP contribution in [0.15, 0.2) is 61.2 Å². The van der Waals surface area contributed by atoms with E-state index in [4.69, 9.17) is 18.9 Å². The third kappa shape index (κ3) is 6.74. The highest BCUT2D eigenvalue weighted by Crippen LogP contribution is 2.31. The number of hydrogen-bond donors (Lipinski definition) is 0. The van der Waals surface area contributed by atoms with Crippen LogP contribution in [0.5, 0.6) is 17.2 Å². The SMILES string of the molecule is COc1cc(CN2CCC[C@@](COc3ccccc3F)(OC)CC2)ccc1OCCn1ccnc1. The Morgan fingerprint density at radius 3 is 2.66 bits per heavy atom. The number of aromatic nitrogens is 2. The molecule has 1 atom stereocenters. The Kier molecular flexibility index (Phi) is 8.60. The molecule has 35 heavy (non-hydrogen) atoms. The molecule has 0 N–H and O–H groups in total. The maximum atomic E-state index is 14.0. The van der Waals surface area contributed by atoms with Gasteiger partial charge >= 0.3 is 0 Å². The lowest BCUT2D eigenvalue weighted by Gasteiger charge is -2.31. The zero-order valence-electron chi connectivity index (χ0n) is 20.5. The zero-order valence-corrected chi connectivity index (χ0v) is 20.5. The van der Waals surface area contributed by atoms with E-state index in [0.717, 1.165) is 62.5 Å². The zero-order chi connectivity index (χ0) is 24.5. The van der Waals surface area contributed by atoms with Crippen LogP contribution in [0.25, 0.3) is 0 Å². The van der Waals surface area contributed by atoms with E-state index in [1.807, 2.05) is 22.9 Å². The normalized spacial score (nSPS) is 18.7. The second-order valence-electron chi connectivity index (χ2n) is 8.87. The molecule has 0 bridgehead atoms. The second-order valence-corrected chi connectivity index (χ2v) is 8.87. The third-order valence-corrected chi connectivity index (χ3v) is 6.55. The van der Waals surface area contributed by atoms with Gasteiger partial charge in [0, 0.05) is 32.6 Å². The molecule has 0 saturated carbocycles. The fourth-order valence-corrected chi connectivity index (χ4v) is 4.43. The summed E-state index contributed by atoms with van der Waals surface area (Å²) >= 11 is 0. The average molecular weight is 484 g/mol. The van der Waals surface area contributed by atoms with Gasteiger partial charge in [0.2, 0.25) is 0 Å². The molecule has 0 amide bonds. The van der Waals surface area contributed by atoms with Gasteiger partial charge in [0.1, 0.15) is 18.8 Å². The van der Waals surface area contributed by atoms with Gasteiger partial charge in [0.05, 0.1) is 20.0 Å². The average Bonchev–Trinajstić information content (AvgIpc) is 3.32. The van der Waals surface area contributed by atoms with Crippen LogP contribution in [0, 0.1) is 5.82 Å². The van der Waals surface area contributed by atoms with Crippen molar-refractivity contribution >= 4 is 0 Å². The van der Waals surface area contributed by atoms with Crippen LogP contribution in [0.1, 0.15) is 24.8 Å². The van der Waals surface area contributed by atoms with Gasteiger partial charge in [-0.05, 0) is 55.6 Å². The lowest BCUT2D eigenvalue weighted by Crippen LogP contribution is -2.39. The highest BCUT2D eigenvalue weighted by Gasteiger charge is 2.34. The van der Waals surface area contributed by atoms with Crippen molar-refractivity contribution in [2.24, 2.45) is 0 Å². The van der Waals surface area contributed by atoms with E-state index in [1.165, 1.54) is 6.07 Å². The summed E-state index contributed by atoms with van der Waals surface area (Å²) in [5.74, 6) is 1.38. The largest absolute Gasteiger partial charge is 0.493 e. The Bertz CT molecular complexity index is 1060. The molecule has 8 heteroatoms. The molecule has 2 aromatic carbocycles. The number of imidazole rings is 1. The van der Waals surface area contributed by atoms with Crippen LogP contribution in [0.4, 0.5) is 4.39 Å². The summed E-state index contributed by atoms with van der Waals surface area (Å²) in [5, 5.41) is 0. The molecule has 188 valence electrons. The molecular formula is C27H34FN3O4. The van der Waals surface area contributed by atoms with Gasteiger partial charge < -0.3 is 23.5 Å². The second kappa shape index (κ2) is 12.0. The van der Waals surface area contributed by atoms with Crippen LogP contribution in [-0.2, 0) is 17.8 Å². The number of nitrogens with zero attached hydrogens (tertiary/aromatic N) is 3. The minimum atomic E-state index is -0.429. The Balaban J connectivity index is 1.32. The quantitative estimate of drug-likeness (QED) is 0.399. The Hall–Kier alpha value is -3.10. The molecule has 1 fully saturated rings. The smallest absolute Gasteiger partial charge is 0.165 e. The highest BCUT2D eigenvalue weighted by molar-refractivity contribution is 5.43. The van der Waals surface area contributed by atoms with Crippen LogP contribution in [0.3, 0.4) is 0 Å². The van der Waals surface area contributed by atoms with Gasteiger partial charge in [0.15, 0.2) is 23.1 Å². The monoisotopic (exact) mass is 483 g/mol. The molecule has 0 radical (unpaired) electrons. The summed E-state index contributed by atoms with van der Waals surface area (Å²) in [6.07, 6.45) is 8.09. The molecular weight excluding hydrogens is 449 g/mol. The molecule has 0 unspecified atom stereocenters. The standard InChI is InChI=1S/C27H34FN3O4/c1-32-26-18-22(8-9-25(26)34-17-16-31-15-12-29-21-31)19-30-13-5-10-27(33-2,11-14-30)20-35-24-7-4-3-6-23(24)28/h3-4,6-9,12,15,18,21H,5,10-11,13-14,16-17,19-20H2,1-2H3/t27-/m1/s1. The number of rotatable bonds is 11. The Labute approximate surface area is 206 Å². The predicted molar refractivity (Wildman–Crippen MR) is 131 cm³/mol. The van der Waals surface area contributed by atoms with Gasteiger partial charge in [-0.3, -0.25) is 4.90 Å². The summed E-state index contributed by atoms with van der Waals surface area (Å²) in [7, 11) is 3.38. The van der Waals surface area contributed by atoms with Gasteiger partial charge in [-0.25, -0.2) is 9.37 Å². The van der Waals surface area contributed by atoms with E-state index >= 15 is 0 Å². The molecule has 3 aromatic rings. The van der Waals surface area contributed by atoms with Crippen molar-refractivity contribution in [3.63, 3.8) is 0 Å². The molecule has 7 nitrogen and oxygen atoms in total. The van der Waals surface area contributed by atoms with Gasteiger partial charge in [0.25, 0.3) is 0 Å². The number of hydrogen-bond acceptors (Lipinski definition) is 6. The van der Waals surface area contributed by atoms with E-state index in [9.17, 15) is 4.39 Å². The van der Waals surface area contributed by atoms with Crippen molar-refractivity contribution in [1.29, 1.82) is 0 Å². The van der Waals surface area contributed by atoms with E-state index < -0.39 is 5.60 Å². The van der Waals surface area contributed by atoms with Crippen molar-refractivity contribution in [2.45, 2.75) is 38.0 Å². The first-order valence-electron chi connectivity index (χ1n) is 12.0. The number of para-hydroxylation sites is 1. The first-order chi connectivity index (χ1) is 17.1. The van der Waals surface area contributed by atoms with Crippen molar-refractivity contribution in [3.8, 4) is 17.2 Å². The Morgan fingerprint density at radius 1 is 1.00 bits per heavy atom. The molecule has 1 aliphatic heterocycles. The van der Waals surface area contributed by atoms with Crippen molar-refractivity contribution in [1.82, 2.24) is 14.5 Å². The number of ether oxygens (including phenoxy) is 4. The first kappa shape index (κ1) is 25.0. The lowest BCUT2D eigenvalue weighted by atomic mass is 9.95. The molecule has 4 rings (SSSR count). The number of halogens is 1. The highest BCUT2D eigenvalue weighted by atomic mass is 19.1. The van der Waals surface area contributed by atoms with Gasteiger partial charge in [-0.2, -0.15) is 0 Å². The minimum absolute atomic E-state index is 0.268. The maximum absolute atomic E-state index is 14.0. The summed E-state index contributed by atoms with van der Waals surface area (Å²) in [6, 6.07) is 12.6. The van der Waals surface area contributed by atoms with E-state index in [-0.39, 0.29) is 11.6 Å². The maximum Gasteiger partial charge on any atom is 0.165 e. The Morgan fingerprint density at radius 2 is 1.89 bits per heavy atom. The molecule has 2 heterocycles. The van der Waals surface area contributed by atoms with Gasteiger partial charge in [-0.15, -0.1) is 0 Å². The van der Waals surface area contributed by atoms with Crippen LogP contribution in [-0.4, -0.2) is 60.6 Å². The van der Waals surface area contributed by atoms with E-state index in [1.54, 1.807) is 44.9 Å². The van der Waals surface area contributed by atoms with Crippen molar-refractivity contribution in [2.75, 3.05) is 40.5 Å². The van der Waals surface area contributed by atoms with E-state index in [2.05, 4.69) is 16.0 Å². The lowest BCUT2D eigenvalue weighted by molar-refractivity contribution is -0.0548. The van der Waals surface area contributed by atoms with Crippen LogP contribution in [0.2, 0.25) is 0 Å². The number of benzene rings is 2.